The Hall–Kier alpha value is -2.38. The van der Waals surface area contributed by atoms with Crippen molar-refractivity contribution in [3.8, 4) is 11.5 Å². The van der Waals surface area contributed by atoms with Crippen molar-refractivity contribution in [1.82, 2.24) is 9.80 Å². The predicted molar refractivity (Wildman–Crippen MR) is 119 cm³/mol. The normalized spacial score (nSPS) is 15.9. The lowest BCUT2D eigenvalue weighted by Crippen LogP contribution is -2.33. The molecule has 0 saturated heterocycles. The Kier molecular flexibility index (Phi) is 8.22. The fourth-order valence-electron chi connectivity index (χ4n) is 3.10. The highest BCUT2D eigenvalue weighted by Gasteiger charge is 2.27. The van der Waals surface area contributed by atoms with Gasteiger partial charge in [0.05, 0.1) is 13.2 Å². The highest BCUT2D eigenvalue weighted by molar-refractivity contribution is 7.80. The molecule has 0 N–H and O–H groups in total. The molecule has 0 spiro atoms. The first-order valence-corrected chi connectivity index (χ1v) is 10.1. The number of benzene rings is 1. The number of nitrogens with zero attached hydrogens (tertiary/aromatic N) is 2. The highest BCUT2D eigenvalue weighted by Crippen LogP contribution is 2.37. The lowest BCUT2D eigenvalue weighted by molar-refractivity contribution is -0.126. The molecule has 6 nitrogen and oxygen atoms in total. The van der Waals surface area contributed by atoms with E-state index in [0.29, 0.717) is 41.8 Å². The minimum absolute atomic E-state index is 0.0278. The maximum atomic E-state index is 13.2. The molecule has 0 heterocycles. The van der Waals surface area contributed by atoms with E-state index in [4.69, 9.17) is 26.4 Å². The summed E-state index contributed by atoms with van der Waals surface area (Å²) < 4.78 is 16.8. The Morgan fingerprint density at radius 1 is 1.21 bits per heavy atom. The van der Waals surface area contributed by atoms with Crippen LogP contribution in [0.1, 0.15) is 25.8 Å². The van der Waals surface area contributed by atoms with Gasteiger partial charge in [0, 0.05) is 51.5 Å². The largest absolute Gasteiger partial charge is 0.497 e. The molecule has 1 unspecified atom stereocenters. The van der Waals surface area contributed by atoms with Gasteiger partial charge in [-0.05, 0) is 56.3 Å². The molecule has 1 aromatic rings. The summed E-state index contributed by atoms with van der Waals surface area (Å²) in [6.07, 6.45) is 4.45. The zero-order valence-electron chi connectivity index (χ0n) is 18.0. The summed E-state index contributed by atoms with van der Waals surface area (Å²) in [6.45, 7) is 5.21. The van der Waals surface area contributed by atoms with Gasteiger partial charge in [0.25, 0.3) is 11.1 Å². The standard InChI is InChI=1S/C22H30N2O4S/c1-7-24(8-2)21(25)19-13-15(26-5)9-11-17(19)18-12-10-16(27-6)14-20(18)28-22(29)23(3)4/h10-15H,7-9H2,1-6H3. The first-order chi connectivity index (χ1) is 13.9. The molecule has 0 fully saturated rings. The van der Waals surface area contributed by atoms with Crippen molar-refractivity contribution in [3.05, 3.63) is 41.5 Å². The van der Waals surface area contributed by atoms with Crippen molar-refractivity contribution in [2.75, 3.05) is 41.4 Å². The van der Waals surface area contributed by atoms with Crippen molar-refractivity contribution in [2.24, 2.45) is 0 Å². The average molecular weight is 419 g/mol. The van der Waals surface area contributed by atoms with Gasteiger partial charge in [0.2, 0.25) is 0 Å². The molecule has 1 aliphatic rings. The molecule has 1 atom stereocenters. The lowest BCUT2D eigenvalue weighted by atomic mass is 9.89. The summed E-state index contributed by atoms with van der Waals surface area (Å²) >= 11 is 5.33. The van der Waals surface area contributed by atoms with E-state index < -0.39 is 0 Å². The van der Waals surface area contributed by atoms with E-state index in [1.54, 1.807) is 30.1 Å². The smallest absolute Gasteiger partial charge is 0.264 e. The second-order valence-corrected chi connectivity index (χ2v) is 7.16. The fourth-order valence-corrected chi connectivity index (χ4v) is 3.19. The molecule has 0 radical (unpaired) electrons. The van der Waals surface area contributed by atoms with Crippen LogP contribution in [0.5, 0.6) is 11.5 Å². The average Bonchev–Trinajstić information content (AvgIpc) is 2.73. The van der Waals surface area contributed by atoms with Gasteiger partial charge in [-0.15, -0.1) is 0 Å². The van der Waals surface area contributed by atoms with Crippen LogP contribution < -0.4 is 9.47 Å². The Labute approximate surface area is 178 Å². The molecular formula is C22H30N2O4S. The molecule has 1 amide bonds. The maximum absolute atomic E-state index is 13.2. The van der Waals surface area contributed by atoms with Crippen LogP contribution in [-0.2, 0) is 9.53 Å². The van der Waals surface area contributed by atoms with Crippen molar-refractivity contribution in [3.63, 3.8) is 0 Å². The van der Waals surface area contributed by atoms with Gasteiger partial charge in [-0.3, -0.25) is 4.79 Å². The molecule has 0 aliphatic heterocycles. The Morgan fingerprint density at radius 3 is 2.45 bits per heavy atom. The number of rotatable bonds is 7. The maximum Gasteiger partial charge on any atom is 0.264 e. The predicted octanol–water partition coefficient (Wildman–Crippen LogP) is 3.52. The van der Waals surface area contributed by atoms with Crippen LogP contribution in [0.3, 0.4) is 0 Å². The molecule has 7 heteroatoms. The van der Waals surface area contributed by atoms with E-state index in [-0.39, 0.29) is 12.0 Å². The summed E-state index contributed by atoms with van der Waals surface area (Å²) in [7, 11) is 6.89. The van der Waals surface area contributed by atoms with Crippen LogP contribution in [0.25, 0.3) is 5.57 Å². The zero-order chi connectivity index (χ0) is 21.6. The summed E-state index contributed by atoms with van der Waals surface area (Å²) in [5.41, 5.74) is 2.21. The highest BCUT2D eigenvalue weighted by atomic mass is 32.1. The summed E-state index contributed by atoms with van der Waals surface area (Å²) in [6, 6.07) is 5.53. The molecule has 2 rings (SSSR count). The van der Waals surface area contributed by atoms with Crippen LogP contribution in [0, 0.1) is 0 Å². The number of likely N-dealkylation sites (N-methyl/N-ethyl adjacent to an activating group) is 1. The molecule has 0 aromatic heterocycles. The van der Waals surface area contributed by atoms with E-state index in [2.05, 4.69) is 0 Å². The summed E-state index contributed by atoms with van der Waals surface area (Å²) in [5, 5.41) is 0.325. The van der Waals surface area contributed by atoms with Crippen LogP contribution in [0.4, 0.5) is 0 Å². The van der Waals surface area contributed by atoms with E-state index in [9.17, 15) is 4.79 Å². The van der Waals surface area contributed by atoms with Gasteiger partial charge in [0.1, 0.15) is 11.5 Å². The third kappa shape index (κ3) is 5.36. The van der Waals surface area contributed by atoms with Crippen LogP contribution >= 0.6 is 12.2 Å². The van der Waals surface area contributed by atoms with E-state index in [1.807, 2.05) is 52.2 Å². The Bertz CT molecular complexity index is 813. The minimum Gasteiger partial charge on any atom is -0.497 e. The molecular weight excluding hydrogens is 388 g/mol. The molecule has 0 saturated carbocycles. The van der Waals surface area contributed by atoms with Gasteiger partial charge in [0.15, 0.2) is 0 Å². The monoisotopic (exact) mass is 418 g/mol. The van der Waals surface area contributed by atoms with Crippen LogP contribution in [0.15, 0.2) is 35.9 Å². The topological polar surface area (TPSA) is 51.2 Å². The molecule has 158 valence electrons. The van der Waals surface area contributed by atoms with Gasteiger partial charge in [-0.25, -0.2) is 0 Å². The Morgan fingerprint density at radius 2 is 1.90 bits per heavy atom. The quantitative estimate of drug-likeness (QED) is 0.632. The van der Waals surface area contributed by atoms with Crippen molar-refractivity contribution in [2.45, 2.75) is 26.4 Å². The first kappa shape index (κ1) is 22.9. The van der Waals surface area contributed by atoms with Gasteiger partial charge < -0.3 is 24.0 Å². The van der Waals surface area contributed by atoms with Crippen molar-refractivity contribution >= 4 is 28.9 Å². The number of amides is 1. The van der Waals surface area contributed by atoms with Gasteiger partial charge >= 0.3 is 0 Å². The Balaban J connectivity index is 2.54. The number of ether oxygens (including phenoxy) is 3. The summed E-state index contributed by atoms with van der Waals surface area (Å²) in [5.74, 6) is 1.17. The second-order valence-electron chi connectivity index (χ2n) is 6.81. The number of carbonyl (C=O) groups is 1. The molecule has 0 bridgehead atoms. The number of hydrogen-bond acceptors (Lipinski definition) is 5. The second kappa shape index (κ2) is 10.4. The lowest BCUT2D eigenvalue weighted by Gasteiger charge is -2.27. The first-order valence-electron chi connectivity index (χ1n) is 9.68. The van der Waals surface area contributed by atoms with E-state index in [1.165, 1.54) is 0 Å². The third-order valence-corrected chi connectivity index (χ3v) is 5.27. The molecule has 1 aliphatic carbocycles. The van der Waals surface area contributed by atoms with Crippen LogP contribution in [-0.4, -0.2) is 68.4 Å². The third-order valence-electron chi connectivity index (χ3n) is 4.82. The SMILES string of the molecule is CCN(CC)C(=O)C1=CC(OC)CC=C1c1ccc(OC)cc1OC(=S)N(C)C. The number of carbonyl (C=O) groups excluding carboxylic acids is 1. The summed E-state index contributed by atoms with van der Waals surface area (Å²) in [4.78, 5) is 16.7. The van der Waals surface area contributed by atoms with E-state index >= 15 is 0 Å². The number of hydrogen-bond donors (Lipinski definition) is 0. The fraction of sp³-hybridized carbons (Fsp3) is 0.455. The molecule has 1 aromatic carbocycles. The van der Waals surface area contributed by atoms with Crippen molar-refractivity contribution in [1.29, 1.82) is 0 Å². The number of thiocarbonyl (C=S) groups is 1. The minimum atomic E-state index is -0.140. The van der Waals surface area contributed by atoms with Crippen molar-refractivity contribution < 1.29 is 19.0 Å². The number of methoxy groups -OCH3 is 2. The van der Waals surface area contributed by atoms with E-state index in [0.717, 1.165) is 11.1 Å². The van der Waals surface area contributed by atoms with Gasteiger partial charge in [-0.2, -0.15) is 0 Å². The van der Waals surface area contributed by atoms with Crippen LogP contribution in [0.2, 0.25) is 0 Å². The molecule has 29 heavy (non-hydrogen) atoms. The zero-order valence-corrected chi connectivity index (χ0v) is 18.8. The van der Waals surface area contributed by atoms with Gasteiger partial charge in [-0.1, -0.05) is 6.08 Å².